The number of methoxy groups -OCH3 is 1. The largest absolute Gasteiger partial charge is 0.497 e. The molecule has 1 saturated heterocycles. The van der Waals surface area contributed by atoms with Crippen LogP contribution in [-0.4, -0.2) is 50.6 Å². The molecule has 2 N–H and O–H groups in total. The Bertz CT molecular complexity index is 1170. The number of carbonyl (C=O) groups is 1. The van der Waals surface area contributed by atoms with Gasteiger partial charge < -0.3 is 24.8 Å². The highest BCUT2D eigenvalue weighted by molar-refractivity contribution is 5.68. The van der Waals surface area contributed by atoms with E-state index in [0.29, 0.717) is 37.1 Å². The van der Waals surface area contributed by atoms with Crippen LogP contribution in [0.5, 0.6) is 11.5 Å². The smallest absolute Gasteiger partial charge is 0.407 e. The van der Waals surface area contributed by atoms with E-state index < -0.39 is 18.2 Å². The minimum atomic E-state index is -4.45. The predicted molar refractivity (Wildman–Crippen MR) is 154 cm³/mol. The molecule has 1 unspecified atom stereocenters. The van der Waals surface area contributed by atoms with E-state index in [9.17, 15) is 23.1 Å². The summed E-state index contributed by atoms with van der Waals surface area (Å²) >= 11 is 0. The molecule has 41 heavy (non-hydrogen) atoms. The average molecular weight is 577 g/mol. The first-order valence-electron chi connectivity index (χ1n) is 14.5. The third kappa shape index (κ3) is 8.77. The number of hydrogen-bond acceptors (Lipinski definition) is 5. The first kappa shape index (κ1) is 31.0. The topological polar surface area (TPSA) is 71.0 Å². The Morgan fingerprint density at radius 2 is 1.76 bits per heavy atom. The van der Waals surface area contributed by atoms with Gasteiger partial charge in [-0.3, -0.25) is 4.79 Å². The summed E-state index contributed by atoms with van der Waals surface area (Å²) in [5.41, 5.74) is 1.46. The zero-order chi connectivity index (χ0) is 29.8. The molecule has 1 aliphatic carbocycles. The van der Waals surface area contributed by atoms with Crippen molar-refractivity contribution < 1.29 is 32.5 Å². The Labute approximate surface area is 241 Å². The van der Waals surface area contributed by atoms with Crippen molar-refractivity contribution in [3.05, 3.63) is 53.6 Å². The van der Waals surface area contributed by atoms with Gasteiger partial charge in [0.05, 0.1) is 20.1 Å². The maximum absolute atomic E-state index is 14.3. The number of carboxylic acids is 1. The number of piperidine rings is 1. The zero-order valence-corrected chi connectivity index (χ0v) is 24.5. The number of rotatable bonds is 12. The van der Waals surface area contributed by atoms with Crippen molar-refractivity contribution in [2.24, 2.45) is 17.3 Å². The molecule has 0 bridgehead atoms. The lowest BCUT2D eigenvalue weighted by Gasteiger charge is -2.37. The lowest BCUT2D eigenvalue weighted by molar-refractivity contribution is -0.158. The number of hydrogen-bond donors (Lipinski definition) is 2. The first-order valence-corrected chi connectivity index (χ1v) is 14.5. The summed E-state index contributed by atoms with van der Waals surface area (Å²) in [6, 6.07) is 10.8. The van der Waals surface area contributed by atoms with E-state index in [0.717, 1.165) is 37.0 Å². The molecular weight excluding hydrogens is 533 g/mol. The second-order valence-electron chi connectivity index (χ2n) is 12.7. The van der Waals surface area contributed by atoms with Gasteiger partial charge in [-0.25, -0.2) is 0 Å². The molecule has 1 heterocycles. The SMILES string of the molecule is COc1ccc(C(NCC(C)(C)C)C(F)(F)F)c(N2CCC(COc3cccc([C@@H](CC(=O)O)C4CC4)c3)CC2)c1. The summed E-state index contributed by atoms with van der Waals surface area (Å²) in [6.45, 7) is 7.68. The fourth-order valence-corrected chi connectivity index (χ4v) is 5.61. The maximum Gasteiger partial charge on any atom is 0.407 e. The van der Waals surface area contributed by atoms with Gasteiger partial charge in [-0.2, -0.15) is 13.2 Å². The van der Waals surface area contributed by atoms with Crippen molar-refractivity contribution >= 4 is 11.7 Å². The summed E-state index contributed by atoms with van der Waals surface area (Å²) in [4.78, 5) is 13.4. The zero-order valence-electron chi connectivity index (χ0n) is 24.5. The van der Waals surface area contributed by atoms with Crippen molar-refractivity contribution in [2.75, 3.05) is 38.3 Å². The third-order valence-electron chi connectivity index (χ3n) is 8.03. The van der Waals surface area contributed by atoms with Crippen LogP contribution in [0.1, 0.15) is 76.0 Å². The van der Waals surface area contributed by atoms with Crippen molar-refractivity contribution in [1.82, 2.24) is 5.32 Å². The monoisotopic (exact) mass is 576 g/mol. The number of nitrogens with one attached hydrogen (secondary N) is 1. The van der Waals surface area contributed by atoms with Gasteiger partial charge >= 0.3 is 12.1 Å². The fourth-order valence-electron chi connectivity index (χ4n) is 5.61. The van der Waals surface area contributed by atoms with Gasteiger partial charge in [0, 0.05) is 37.0 Å². The standard InChI is InChI=1S/C32H43F3N2O4/c1-31(2,3)20-36-30(32(33,34)35)26-11-10-24(40-4)17-28(26)37-14-12-21(13-15-37)19-41-25-7-5-6-23(16-25)27(18-29(38)39)22-8-9-22/h5-7,10-11,16-17,21-22,27,30,36H,8-9,12-15,18-20H2,1-4H3,(H,38,39)/t27-,30?/m0/s1. The highest BCUT2D eigenvalue weighted by Gasteiger charge is 2.43. The molecule has 2 aromatic carbocycles. The maximum atomic E-state index is 14.3. The van der Waals surface area contributed by atoms with Crippen molar-refractivity contribution in [3.8, 4) is 11.5 Å². The van der Waals surface area contributed by atoms with Crippen LogP contribution in [0, 0.1) is 17.3 Å². The molecule has 4 rings (SSSR count). The summed E-state index contributed by atoms with van der Waals surface area (Å²) in [6.07, 6.45) is -0.629. The van der Waals surface area contributed by atoms with Gasteiger partial charge in [0.1, 0.15) is 17.5 Å². The molecular formula is C32H43F3N2O4. The lowest BCUT2D eigenvalue weighted by Crippen LogP contribution is -2.41. The number of ether oxygens (including phenoxy) is 2. The van der Waals surface area contributed by atoms with E-state index in [1.54, 1.807) is 12.1 Å². The molecule has 2 atom stereocenters. The van der Waals surface area contributed by atoms with Crippen LogP contribution in [0.3, 0.4) is 0 Å². The number of alkyl halides is 3. The second kappa shape index (κ2) is 12.9. The molecule has 9 heteroatoms. The molecule has 0 amide bonds. The summed E-state index contributed by atoms with van der Waals surface area (Å²) < 4.78 is 54.3. The van der Waals surface area contributed by atoms with Crippen LogP contribution in [0.15, 0.2) is 42.5 Å². The Morgan fingerprint density at radius 3 is 2.34 bits per heavy atom. The van der Waals surface area contributed by atoms with Crippen molar-refractivity contribution in [1.29, 1.82) is 0 Å². The minimum absolute atomic E-state index is 0.00904. The third-order valence-corrected chi connectivity index (χ3v) is 8.03. The van der Waals surface area contributed by atoms with Crippen LogP contribution in [0.2, 0.25) is 0 Å². The molecule has 6 nitrogen and oxygen atoms in total. The van der Waals surface area contributed by atoms with Gasteiger partial charge in [-0.15, -0.1) is 0 Å². The van der Waals surface area contributed by atoms with Gasteiger partial charge in [0.15, 0.2) is 0 Å². The number of nitrogens with zero attached hydrogens (tertiary/aromatic N) is 1. The van der Waals surface area contributed by atoms with Crippen LogP contribution < -0.4 is 19.7 Å². The number of benzene rings is 2. The van der Waals surface area contributed by atoms with Crippen LogP contribution >= 0.6 is 0 Å². The van der Waals surface area contributed by atoms with Crippen molar-refractivity contribution in [2.45, 2.75) is 71.0 Å². The Kier molecular flexibility index (Phi) is 9.77. The Balaban J connectivity index is 1.41. The number of aliphatic carboxylic acids is 1. The quantitative estimate of drug-likeness (QED) is 0.279. The van der Waals surface area contributed by atoms with Crippen LogP contribution in [0.4, 0.5) is 18.9 Å². The van der Waals surface area contributed by atoms with E-state index in [4.69, 9.17) is 9.47 Å². The average Bonchev–Trinajstić information content (AvgIpc) is 3.75. The van der Waals surface area contributed by atoms with E-state index >= 15 is 0 Å². The highest BCUT2D eigenvalue weighted by Crippen LogP contribution is 2.45. The minimum Gasteiger partial charge on any atom is -0.497 e. The molecule has 0 aromatic heterocycles. The molecule has 2 aromatic rings. The summed E-state index contributed by atoms with van der Waals surface area (Å²) in [5.74, 6) is 1.17. The van der Waals surface area contributed by atoms with Crippen molar-refractivity contribution in [3.63, 3.8) is 0 Å². The molecule has 2 aliphatic rings. The molecule has 1 saturated carbocycles. The van der Waals surface area contributed by atoms with E-state index in [2.05, 4.69) is 5.32 Å². The number of anilines is 1. The molecule has 0 spiro atoms. The lowest BCUT2D eigenvalue weighted by atomic mass is 9.91. The van der Waals surface area contributed by atoms with Gasteiger partial charge in [-0.05, 0) is 72.6 Å². The van der Waals surface area contributed by atoms with Gasteiger partial charge in [-0.1, -0.05) is 39.0 Å². The summed E-state index contributed by atoms with van der Waals surface area (Å²) in [5, 5.41) is 12.1. The van der Waals surface area contributed by atoms with E-state index in [1.807, 2.05) is 49.9 Å². The van der Waals surface area contributed by atoms with Crippen LogP contribution in [-0.2, 0) is 4.79 Å². The van der Waals surface area contributed by atoms with E-state index in [-0.39, 0.29) is 35.8 Å². The van der Waals surface area contributed by atoms with E-state index in [1.165, 1.54) is 13.2 Å². The predicted octanol–water partition coefficient (Wildman–Crippen LogP) is 7.20. The van der Waals surface area contributed by atoms with Gasteiger partial charge in [0.25, 0.3) is 0 Å². The normalized spacial score (nSPS) is 18.2. The molecule has 1 aliphatic heterocycles. The summed E-state index contributed by atoms with van der Waals surface area (Å²) in [7, 11) is 1.52. The molecule has 0 radical (unpaired) electrons. The number of halogens is 3. The number of carboxylic acid groups (broad SMARTS) is 1. The Morgan fingerprint density at radius 1 is 1.05 bits per heavy atom. The highest BCUT2D eigenvalue weighted by atomic mass is 19.4. The second-order valence-corrected chi connectivity index (χ2v) is 12.7. The van der Waals surface area contributed by atoms with Crippen LogP contribution in [0.25, 0.3) is 0 Å². The van der Waals surface area contributed by atoms with Gasteiger partial charge in [0.2, 0.25) is 0 Å². The first-order chi connectivity index (χ1) is 19.3. The Hall–Kier alpha value is -2.94. The fraction of sp³-hybridized carbons (Fsp3) is 0.594. The molecule has 2 fully saturated rings. The molecule has 226 valence electrons.